The van der Waals surface area contributed by atoms with E-state index >= 15 is 0 Å². The van der Waals surface area contributed by atoms with E-state index in [0.29, 0.717) is 0 Å². The van der Waals surface area contributed by atoms with Crippen molar-refractivity contribution in [2.45, 2.75) is 0 Å². The van der Waals surface area contributed by atoms with E-state index in [-0.39, 0.29) is 0 Å². The maximum atomic E-state index is 6.54. The van der Waals surface area contributed by atoms with Gasteiger partial charge in [-0.3, -0.25) is 0 Å². The predicted molar refractivity (Wildman–Crippen MR) is 274 cm³/mol. The number of fused-ring (bicyclic) bond motifs is 6. The van der Waals surface area contributed by atoms with Gasteiger partial charge >= 0.3 is 0 Å². The summed E-state index contributed by atoms with van der Waals surface area (Å²) in [6, 6.07) is 91.8. The van der Waals surface area contributed by atoms with Gasteiger partial charge in [-0.25, -0.2) is 0 Å². The minimum Gasteiger partial charge on any atom is -0.456 e. The van der Waals surface area contributed by atoms with E-state index in [2.05, 4.69) is 240 Å². The van der Waals surface area contributed by atoms with E-state index in [1.165, 1.54) is 20.7 Å². The van der Waals surface area contributed by atoms with Gasteiger partial charge in [0.15, 0.2) is 8.07 Å². The summed E-state index contributed by atoms with van der Waals surface area (Å²) < 4.78 is 13.0. The Balaban J connectivity index is 1.12. The van der Waals surface area contributed by atoms with Crippen LogP contribution in [0.5, 0.6) is 0 Å². The average Bonchev–Trinajstić information content (AvgIpc) is 3.94. The van der Waals surface area contributed by atoms with Gasteiger partial charge in [-0.05, 0) is 99.6 Å². The lowest BCUT2D eigenvalue weighted by molar-refractivity contribution is 0.668. The first-order valence-electron chi connectivity index (χ1n) is 22.1. The lowest BCUT2D eigenvalue weighted by Crippen LogP contribution is -2.75. The van der Waals surface area contributed by atoms with Crippen LogP contribution in [-0.2, 0) is 0 Å². The van der Waals surface area contributed by atoms with Gasteiger partial charge in [-0.2, -0.15) is 0 Å². The minimum absolute atomic E-state index is 0.853. The summed E-state index contributed by atoms with van der Waals surface area (Å²) in [5.41, 5.74) is 9.79. The zero-order valence-electron chi connectivity index (χ0n) is 35.5. The summed E-state index contributed by atoms with van der Waals surface area (Å²) in [6.45, 7) is 0. The molecule has 0 aliphatic rings. The van der Waals surface area contributed by atoms with Crippen molar-refractivity contribution in [2.75, 3.05) is 9.80 Å². The summed E-state index contributed by atoms with van der Waals surface area (Å²) in [4.78, 5) is 4.77. The topological polar surface area (TPSA) is 32.8 Å². The smallest absolute Gasteiger partial charge is 0.181 e. The monoisotopic (exact) mass is 850 g/mol. The SMILES string of the molecule is c1ccc(N(c2cccc([Si](c3ccccc3)(c3ccccc3)c3ccccc3N(c3ccccc3)c3ccc4c(c3)oc3ccccc34)c2)c2ccc3c(c2)oc2ccccc23)cc1. The standard InChI is InChI=1S/C60H42N2O2Si/c1-5-20-43(21-6-1)61(46-36-38-53-51-30-13-16-33-56(51)63-58(53)41-46)45-24-19-29-50(40-45)65(48-25-9-3-10-26-48,49-27-11-4-12-28-49)60-35-18-15-32-55(60)62(44-22-7-2-8-23-44)47-37-39-54-52-31-14-17-34-57(52)64-59(54)42-47/h1-42H. The molecule has 2 heterocycles. The highest BCUT2D eigenvalue weighted by Gasteiger charge is 2.44. The zero-order valence-corrected chi connectivity index (χ0v) is 36.5. The van der Waals surface area contributed by atoms with Crippen molar-refractivity contribution in [2.24, 2.45) is 0 Å². The molecule has 0 unspecified atom stereocenters. The van der Waals surface area contributed by atoms with Gasteiger partial charge in [0.2, 0.25) is 0 Å². The molecule has 0 saturated carbocycles. The van der Waals surface area contributed by atoms with Gasteiger partial charge in [0.25, 0.3) is 0 Å². The van der Waals surface area contributed by atoms with Crippen LogP contribution in [0.3, 0.4) is 0 Å². The van der Waals surface area contributed by atoms with E-state index in [9.17, 15) is 0 Å². The quantitative estimate of drug-likeness (QED) is 0.101. The number of benzene rings is 10. The molecule has 0 fully saturated rings. The fourth-order valence-electron chi connectivity index (χ4n) is 9.94. The van der Waals surface area contributed by atoms with Crippen LogP contribution in [0, 0.1) is 0 Å². The summed E-state index contributed by atoms with van der Waals surface area (Å²) in [6.07, 6.45) is 0. The fraction of sp³-hybridized carbons (Fsp3) is 0. The van der Waals surface area contributed by atoms with Crippen LogP contribution >= 0.6 is 0 Å². The van der Waals surface area contributed by atoms with Gasteiger partial charge in [-0.15, -0.1) is 0 Å². The minimum atomic E-state index is -3.21. The molecule has 0 radical (unpaired) electrons. The van der Waals surface area contributed by atoms with Gasteiger partial charge in [0, 0.05) is 67.8 Å². The van der Waals surface area contributed by atoms with Gasteiger partial charge in [-0.1, -0.05) is 164 Å². The number of nitrogens with zero attached hydrogens (tertiary/aromatic N) is 2. The van der Waals surface area contributed by atoms with Crippen molar-refractivity contribution in [3.8, 4) is 0 Å². The Kier molecular flexibility index (Phi) is 9.47. The maximum Gasteiger partial charge on any atom is 0.181 e. The molecule has 0 aliphatic heterocycles. The molecule has 0 N–H and O–H groups in total. The van der Waals surface area contributed by atoms with Crippen molar-refractivity contribution in [3.05, 3.63) is 255 Å². The third kappa shape index (κ3) is 6.52. The number of rotatable bonds is 10. The number of para-hydroxylation sites is 5. The Morgan fingerprint density at radius 3 is 1.23 bits per heavy atom. The molecule has 5 heteroatoms. The van der Waals surface area contributed by atoms with Crippen LogP contribution in [0.2, 0.25) is 0 Å². The van der Waals surface area contributed by atoms with E-state index in [1.807, 2.05) is 24.3 Å². The second-order valence-corrected chi connectivity index (χ2v) is 20.2. The van der Waals surface area contributed by atoms with Crippen LogP contribution in [0.25, 0.3) is 43.9 Å². The van der Waals surface area contributed by atoms with Crippen molar-refractivity contribution in [3.63, 3.8) is 0 Å². The van der Waals surface area contributed by atoms with Crippen LogP contribution in [-0.4, -0.2) is 8.07 Å². The first-order chi connectivity index (χ1) is 32.2. The molecule has 4 nitrogen and oxygen atoms in total. The summed E-state index contributed by atoms with van der Waals surface area (Å²) in [5, 5.41) is 9.51. The van der Waals surface area contributed by atoms with Crippen molar-refractivity contribution in [1.29, 1.82) is 0 Å². The van der Waals surface area contributed by atoms with Crippen LogP contribution in [0.1, 0.15) is 0 Å². The molecule has 0 bridgehead atoms. The molecule has 0 amide bonds. The van der Waals surface area contributed by atoms with Gasteiger partial charge in [0.1, 0.15) is 22.3 Å². The van der Waals surface area contributed by atoms with E-state index in [4.69, 9.17) is 8.83 Å². The van der Waals surface area contributed by atoms with Gasteiger partial charge < -0.3 is 18.6 Å². The second-order valence-electron chi connectivity index (χ2n) is 16.4. The lowest BCUT2D eigenvalue weighted by Gasteiger charge is -2.39. The van der Waals surface area contributed by atoms with E-state index in [1.54, 1.807) is 0 Å². The van der Waals surface area contributed by atoms with Crippen molar-refractivity contribution in [1.82, 2.24) is 0 Å². The predicted octanol–water partition coefficient (Wildman–Crippen LogP) is 13.8. The first-order valence-corrected chi connectivity index (χ1v) is 24.1. The third-order valence-corrected chi connectivity index (χ3v) is 17.6. The van der Waals surface area contributed by atoms with E-state index < -0.39 is 8.07 Å². The van der Waals surface area contributed by atoms with Crippen LogP contribution < -0.4 is 30.5 Å². The Morgan fingerprint density at radius 1 is 0.262 bits per heavy atom. The highest BCUT2D eigenvalue weighted by Crippen LogP contribution is 2.41. The summed E-state index contributed by atoms with van der Waals surface area (Å²) >= 11 is 0. The Morgan fingerprint density at radius 2 is 0.662 bits per heavy atom. The highest BCUT2D eigenvalue weighted by molar-refractivity contribution is 7.20. The molecule has 0 saturated heterocycles. The number of hydrogen-bond acceptors (Lipinski definition) is 4. The normalized spacial score (nSPS) is 11.7. The molecule has 10 aromatic carbocycles. The molecule has 12 rings (SSSR count). The van der Waals surface area contributed by atoms with Crippen LogP contribution in [0.15, 0.2) is 264 Å². The molecule has 0 spiro atoms. The number of anilines is 6. The zero-order chi connectivity index (χ0) is 43.2. The molecule has 2 aromatic heterocycles. The first kappa shape index (κ1) is 38.3. The Bertz CT molecular complexity index is 3580. The maximum absolute atomic E-state index is 6.54. The van der Waals surface area contributed by atoms with Crippen LogP contribution in [0.4, 0.5) is 34.1 Å². The van der Waals surface area contributed by atoms with E-state index in [0.717, 1.165) is 78.0 Å². The summed E-state index contributed by atoms with van der Waals surface area (Å²) in [7, 11) is -3.21. The molecular weight excluding hydrogens is 809 g/mol. The highest BCUT2D eigenvalue weighted by atomic mass is 28.3. The van der Waals surface area contributed by atoms with Crippen molar-refractivity contribution < 1.29 is 8.83 Å². The Hall–Kier alpha value is -8.38. The van der Waals surface area contributed by atoms with Crippen molar-refractivity contribution >= 4 is 107 Å². The van der Waals surface area contributed by atoms with Gasteiger partial charge in [0.05, 0.1) is 0 Å². The molecular formula is C60H42N2O2Si. The number of hydrogen-bond donors (Lipinski definition) is 0. The average molecular weight is 851 g/mol. The lowest BCUT2D eigenvalue weighted by atomic mass is 10.1. The summed E-state index contributed by atoms with van der Waals surface area (Å²) in [5.74, 6) is 0. The largest absolute Gasteiger partial charge is 0.456 e. The molecule has 308 valence electrons. The molecule has 0 aliphatic carbocycles. The third-order valence-electron chi connectivity index (χ3n) is 12.8. The molecule has 12 aromatic rings. The molecule has 0 atom stereocenters. The fourth-order valence-corrected chi connectivity index (χ4v) is 14.9. The molecule has 65 heavy (non-hydrogen) atoms. The number of furan rings is 2. The second kappa shape index (κ2) is 16.1. The Labute approximate surface area is 378 Å².